The van der Waals surface area contributed by atoms with Crippen LogP contribution in [0.1, 0.15) is 32.3 Å². The summed E-state index contributed by atoms with van der Waals surface area (Å²) in [7, 11) is 0. The van der Waals surface area contributed by atoms with Crippen LogP contribution in [0.5, 0.6) is 0 Å². The first-order valence-electron chi connectivity index (χ1n) is 9.80. The highest BCUT2D eigenvalue weighted by molar-refractivity contribution is 5.94. The fourth-order valence-corrected chi connectivity index (χ4v) is 3.92. The van der Waals surface area contributed by atoms with Gasteiger partial charge in [-0.15, -0.1) is 0 Å². The number of hydrogen-bond donors (Lipinski definition) is 2. The van der Waals surface area contributed by atoms with Gasteiger partial charge in [0.25, 0.3) is 0 Å². The van der Waals surface area contributed by atoms with Gasteiger partial charge in [-0.3, -0.25) is 4.90 Å². The summed E-state index contributed by atoms with van der Waals surface area (Å²) < 4.78 is 5.18. The van der Waals surface area contributed by atoms with Crippen molar-refractivity contribution < 1.29 is 14.3 Å². The van der Waals surface area contributed by atoms with Crippen molar-refractivity contribution in [1.29, 1.82) is 0 Å². The number of piperidine rings is 1. The summed E-state index contributed by atoms with van der Waals surface area (Å²) in [6.07, 6.45) is 3.36. The Kier molecular flexibility index (Phi) is 6.50. The van der Waals surface area contributed by atoms with Crippen LogP contribution in [0.25, 0.3) is 0 Å². The molecule has 6 heteroatoms. The number of urea groups is 1. The first-order chi connectivity index (χ1) is 13.1. The van der Waals surface area contributed by atoms with Gasteiger partial charge in [0.2, 0.25) is 0 Å². The predicted octanol–water partition coefficient (Wildman–Crippen LogP) is 2.46. The van der Waals surface area contributed by atoms with Crippen LogP contribution in [0.4, 0.5) is 4.79 Å². The van der Waals surface area contributed by atoms with E-state index in [1.807, 2.05) is 6.92 Å². The molecule has 0 aromatic heterocycles. The molecule has 2 aliphatic heterocycles. The van der Waals surface area contributed by atoms with Crippen molar-refractivity contribution in [2.45, 2.75) is 39.2 Å². The van der Waals surface area contributed by atoms with Gasteiger partial charge in [-0.2, -0.15) is 0 Å². The van der Waals surface area contributed by atoms with E-state index in [1.54, 1.807) is 6.92 Å². The number of nitrogens with zero attached hydrogens (tertiary/aromatic N) is 1. The number of carbonyl (C=O) groups is 2. The Labute approximate surface area is 161 Å². The lowest BCUT2D eigenvalue weighted by Crippen LogP contribution is -2.51. The summed E-state index contributed by atoms with van der Waals surface area (Å²) in [5.41, 5.74) is 2.59. The normalized spacial score (nSPS) is 21.6. The molecular formula is C21H29N3O3. The highest BCUT2D eigenvalue weighted by Gasteiger charge is 2.31. The van der Waals surface area contributed by atoms with Crippen LogP contribution in [-0.2, 0) is 16.0 Å². The molecule has 1 atom stereocenters. The molecule has 2 N–H and O–H groups in total. The van der Waals surface area contributed by atoms with E-state index in [0.717, 1.165) is 32.4 Å². The van der Waals surface area contributed by atoms with E-state index in [1.165, 1.54) is 5.56 Å². The molecule has 3 rings (SSSR count). The van der Waals surface area contributed by atoms with Gasteiger partial charge in [-0.05, 0) is 57.7 Å². The van der Waals surface area contributed by atoms with Crippen LogP contribution in [0.15, 0.2) is 41.6 Å². The Bertz CT molecular complexity index is 694. The Morgan fingerprint density at radius 1 is 1.22 bits per heavy atom. The molecule has 0 radical (unpaired) electrons. The lowest BCUT2D eigenvalue weighted by atomic mass is 9.90. The maximum absolute atomic E-state index is 12.3. The predicted molar refractivity (Wildman–Crippen MR) is 104 cm³/mol. The summed E-state index contributed by atoms with van der Waals surface area (Å²) in [5.74, 6) is 0.329. The number of rotatable bonds is 6. The number of amides is 2. The summed E-state index contributed by atoms with van der Waals surface area (Å²) in [6, 6.07) is 10.0. The van der Waals surface area contributed by atoms with Crippen molar-refractivity contribution in [3.63, 3.8) is 0 Å². The Morgan fingerprint density at radius 2 is 1.93 bits per heavy atom. The van der Waals surface area contributed by atoms with Gasteiger partial charge in [-0.1, -0.05) is 30.3 Å². The van der Waals surface area contributed by atoms with Crippen molar-refractivity contribution in [3.05, 3.63) is 47.2 Å². The van der Waals surface area contributed by atoms with Crippen molar-refractivity contribution in [2.75, 3.05) is 26.2 Å². The lowest BCUT2D eigenvalue weighted by molar-refractivity contribution is -0.139. The molecule has 0 spiro atoms. The molecule has 1 fully saturated rings. The molecule has 27 heavy (non-hydrogen) atoms. The zero-order valence-electron chi connectivity index (χ0n) is 16.2. The third-order valence-electron chi connectivity index (χ3n) is 5.32. The molecule has 1 unspecified atom stereocenters. The van der Waals surface area contributed by atoms with E-state index in [9.17, 15) is 9.59 Å². The van der Waals surface area contributed by atoms with Gasteiger partial charge in [-0.25, -0.2) is 9.59 Å². The molecule has 2 aliphatic rings. The maximum atomic E-state index is 12.3. The maximum Gasteiger partial charge on any atom is 0.337 e. The van der Waals surface area contributed by atoms with Crippen molar-refractivity contribution in [1.82, 2.24) is 15.5 Å². The Balaban J connectivity index is 1.61. The third-order valence-corrected chi connectivity index (χ3v) is 5.32. The molecule has 1 saturated heterocycles. The summed E-state index contributed by atoms with van der Waals surface area (Å²) in [4.78, 5) is 26.5. The minimum atomic E-state index is -0.355. The number of carbonyl (C=O) groups excluding carboxylic acids is 2. The minimum Gasteiger partial charge on any atom is -0.463 e. The smallest absolute Gasteiger partial charge is 0.337 e. The molecule has 6 nitrogen and oxygen atoms in total. The van der Waals surface area contributed by atoms with Gasteiger partial charge in [0, 0.05) is 12.2 Å². The zero-order valence-corrected chi connectivity index (χ0v) is 16.2. The van der Waals surface area contributed by atoms with Gasteiger partial charge in [0.1, 0.15) is 0 Å². The second kappa shape index (κ2) is 9.04. The van der Waals surface area contributed by atoms with Crippen LogP contribution >= 0.6 is 0 Å². The van der Waals surface area contributed by atoms with E-state index in [0.29, 0.717) is 30.3 Å². The first-order valence-corrected chi connectivity index (χ1v) is 9.80. The fourth-order valence-electron chi connectivity index (χ4n) is 3.92. The minimum absolute atomic E-state index is 0.260. The highest BCUT2D eigenvalue weighted by atomic mass is 16.5. The van der Waals surface area contributed by atoms with Crippen molar-refractivity contribution in [2.24, 2.45) is 5.92 Å². The molecule has 2 amide bonds. The monoisotopic (exact) mass is 371 g/mol. The number of likely N-dealkylation sites (tertiary alicyclic amines) is 1. The summed E-state index contributed by atoms with van der Waals surface area (Å²) in [6.45, 7) is 6.43. The Morgan fingerprint density at radius 3 is 2.59 bits per heavy atom. The van der Waals surface area contributed by atoms with Crippen molar-refractivity contribution in [3.8, 4) is 0 Å². The number of hydrogen-bond acceptors (Lipinski definition) is 4. The molecule has 146 valence electrons. The van der Waals surface area contributed by atoms with Crippen LogP contribution < -0.4 is 10.6 Å². The van der Waals surface area contributed by atoms with E-state index in [4.69, 9.17) is 4.74 Å². The molecule has 0 saturated carbocycles. The highest BCUT2D eigenvalue weighted by Crippen LogP contribution is 2.23. The van der Waals surface area contributed by atoms with E-state index < -0.39 is 0 Å². The number of esters is 1. The Hall–Kier alpha value is -2.34. The molecular weight excluding hydrogens is 342 g/mol. The SMILES string of the molecule is CCOC(=O)C1=C(CN2CCC(Cc3ccccc3)CC2)NC(=O)NC1C. The van der Waals surface area contributed by atoms with Gasteiger partial charge in [0.05, 0.1) is 18.2 Å². The zero-order chi connectivity index (χ0) is 19.2. The number of benzene rings is 1. The quantitative estimate of drug-likeness (QED) is 0.754. The van der Waals surface area contributed by atoms with E-state index in [-0.39, 0.29) is 18.0 Å². The van der Waals surface area contributed by atoms with Crippen LogP contribution in [-0.4, -0.2) is 49.2 Å². The van der Waals surface area contributed by atoms with Gasteiger partial charge < -0.3 is 15.4 Å². The van der Waals surface area contributed by atoms with Crippen molar-refractivity contribution >= 4 is 12.0 Å². The first kappa shape index (κ1) is 19.4. The van der Waals surface area contributed by atoms with Crippen LogP contribution in [0.3, 0.4) is 0 Å². The van der Waals surface area contributed by atoms with Gasteiger partial charge >= 0.3 is 12.0 Å². The van der Waals surface area contributed by atoms with E-state index >= 15 is 0 Å². The summed E-state index contributed by atoms with van der Waals surface area (Å²) >= 11 is 0. The van der Waals surface area contributed by atoms with E-state index in [2.05, 4.69) is 45.9 Å². The number of nitrogens with one attached hydrogen (secondary N) is 2. The van der Waals surface area contributed by atoms with Crippen LogP contribution in [0, 0.1) is 5.92 Å². The standard InChI is InChI=1S/C21H29N3O3/c1-3-27-20(25)19-15(2)22-21(26)23-18(19)14-24-11-9-17(10-12-24)13-16-7-5-4-6-8-16/h4-8,15,17H,3,9-14H2,1-2H3,(H2,22,23,26). The largest absolute Gasteiger partial charge is 0.463 e. The second-order valence-electron chi connectivity index (χ2n) is 7.34. The second-order valence-corrected chi connectivity index (χ2v) is 7.34. The van der Waals surface area contributed by atoms with Crippen LogP contribution in [0.2, 0.25) is 0 Å². The molecule has 0 aliphatic carbocycles. The van der Waals surface area contributed by atoms with Gasteiger partial charge in [0.15, 0.2) is 0 Å². The molecule has 1 aromatic rings. The average molecular weight is 371 g/mol. The molecule has 0 bridgehead atoms. The third kappa shape index (κ3) is 5.10. The molecule has 2 heterocycles. The topological polar surface area (TPSA) is 70.7 Å². The molecule has 1 aromatic carbocycles. The summed E-state index contributed by atoms with van der Waals surface area (Å²) in [5, 5.41) is 5.56. The average Bonchev–Trinajstić information content (AvgIpc) is 2.64. The lowest BCUT2D eigenvalue weighted by Gasteiger charge is -2.34. The fraction of sp³-hybridized carbons (Fsp3) is 0.524. The number of ether oxygens (including phenoxy) is 1.